The zero-order valence-electron chi connectivity index (χ0n) is 14.4. The van der Waals surface area contributed by atoms with Gasteiger partial charge in [-0.3, -0.25) is 4.90 Å². The number of hydrogen-bond donors (Lipinski definition) is 0. The fourth-order valence-corrected chi connectivity index (χ4v) is 4.45. The van der Waals surface area contributed by atoms with Crippen LogP contribution in [-0.4, -0.2) is 30.9 Å². The van der Waals surface area contributed by atoms with Gasteiger partial charge in [0.1, 0.15) is 18.1 Å². The topological polar surface area (TPSA) is 51.9 Å². The molecule has 2 aliphatic heterocycles. The van der Waals surface area contributed by atoms with E-state index in [0.717, 1.165) is 86.1 Å². The highest BCUT2D eigenvalue weighted by molar-refractivity contribution is 5.86. The fourth-order valence-electron chi connectivity index (χ4n) is 4.45. The molecule has 1 aromatic heterocycles. The van der Waals surface area contributed by atoms with E-state index in [1.54, 1.807) is 0 Å². The molecule has 1 aliphatic carbocycles. The average Bonchev–Trinajstić information content (AvgIpc) is 3.15. The number of ether oxygens (including phenoxy) is 2. The zero-order valence-corrected chi connectivity index (χ0v) is 14.4. The second-order valence-corrected chi connectivity index (χ2v) is 7.39. The highest BCUT2D eigenvalue weighted by Crippen LogP contribution is 2.35. The van der Waals surface area contributed by atoms with Crippen molar-refractivity contribution in [1.82, 2.24) is 4.90 Å². The van der Waals surface area contributed by atoms with Crippen LogP contribution in [0.2, 0.25) is 0 Å². The summed E-state index contributed by atoms with van der Waals surface area (Å²) in [5, 5.41) is 1.09. The van der Waals surface area contributed by atoms with Crippen LogP contribution in [0.15, 0.2) is 21.3 Å². The van der Waals surface area contributed by atoms with Crippen molar-refractivity contribution in [2.75, 3.05) is 19.9 Å². The summed E-state index contributed by atoms with van der Waals surface area (Å²) in [4.78, 5) is 14.7. The van der Waals surface area contributed by atoms with Gasteiger partial charge in [-0.1, -0.05) is 0 Å². The van der Waals surface area contributed by atoms with Crippen molar-refractivity contribution in [2.24, 2.45) is 0 Å². The molecule has 0 bridgehead atoms. The lowest BCUT2D eigenvalue weighted by molar-refractivity contribution is 0.0281. The van der Waals surface area contributed by atoms with E-state index in [0.29, 0.717) is 12.8 Å². The van der Waals surface area contributed by atoms with Crippen LogP contribution in [-0.2, 0) is 24.1 Å². The van der Waals surface area contributed by atoms with Crippen molar-refractivity contribution in [3.8, 4) is 5.75 Å². The van der Waals surface area contributed by atoms with Gasteiger partial charge in [-0.05, 0) is 56.2 Å². The standard InChI is InChI=1S/C20H23NO4/c22-20-16-6-2-1-5-14(16)15-7-8-18-17(19(15)25-20)11-21(12-24-18)10-13-4-3-9-23-13/h7-8,13H,1-6,9-12H2. The van der Waals surface area contributed by atoms with Gasteiger partial charge in [-0.2, -0.15) is 0 Å². The number of nitrogens with zero attached hydrogens (tertiary/aromatic N) is 1. The smallest absolute Gasteiger partial charge is 0.339 e. The van der Waals surface area contributed by atoms with Gasteiger partial charge >= 0.3 is 5.63 Å². The summed E-state index contributed by atoms with van der Waals surface area (Å²) in [6.45, 7) is 3.03. The molecule has 5 heteroatoms. The molecule has 25 heavy (non-hydrogen) atoms. The maximum absolute atomic E-state index is 12.5. The van der Waals surface area contributed by atoms with E-state index < -0.39 is 0 Å². The number of rotatable bonds is 2. The quantitative estimate of drug-likeness (QED) is 0.786. The first-order valence-electron chi connectivity index (χ1n) is 9.37. The lowest BCUT2D eigenvalue weighted by Gasteiger charge is -2.31. The monoisotopic (exact) mass is 341 g/mol. The van der Waals surface area contributed by atoms with Gasteiger partial charge in [0.25, 0.3) is 0 Å². The highest BCUT2D eigenvalue weighted by atomic mass is 16.5. The molecule has 2 aromatic rings. The first kappa shape index (κ1) is 15.4. The summed E-state index contributed by atoms with van der Waals surface area (Å²) in [7, 11) is 0. The van der Waals surface area contributed by atoms with Gasteiger partial charge in [-0.15, -0.1) is 0 Å². The summed E-state index contributed by atoms with van der Waals surface area (Å²) in [5.41, 5.74) is 3.64. The van der Waals surface area contributed by atoms with E-state index >= 15 is 0 Å². The number of benzene rings is 1. The summed E-state index contributed by atoms with van der Waals surface area (Å²) in [6.07, 6.45) is 6.57. The molecule has 1 saturated heterocycles. The number of fused-ring (bicyclic) bond motifs is 5. The Morgan fingerprint density at radius 1 is 1.08 bits per heavy atom. The lowest BCUT2D eigenvalue weighted by atomic mass is 9.90. The van der Waals surface area contributed by atoms with Gasteiger partial charge in [0.05, 0.1) is 11.7 Å². The Kier molecular flexibility index (Phi) is 3.79. The van der Waals surface area contributed by atoms with E-state index in [4.69, 9.17) is 13.9 Å². The number of hydrogen-bond acceptors (Lipinski definition) is 5. The van der Waals surface area contributed by atoms with Crippen molar-refractivity contribution < 1.29 is 13.9 Å². The molecule has 3 heterocycles. The third-order valence-electron chi connectivity index (χ3n) is 5.72. The van der Waals surface area contributed by atoms with Crippen molar-refractivity contribution in [3.05, 3.63) is 39.2 Å². The summed E-state index contributed by atoms with van der Waals surface area (Å²) < 4.78 is 17.5. The minimum absolute atomic E-state index is 0.160. The molecule has 1 unspecified atom stereocenters. The van der Waals surface area contributed by atoms with Gasteiger partial charge in [0.2, 0.25) is 0 Å². The predicted molar refractivity (Wildman–Crippen MR) is 94.0 cm³/mol. The molecule has 0 saturated carbocycles. The molecule has 5 rings (SSSR count). The van der Waals surface area contributed by atoms with E-state index in [1.807, 2.05) is 6.07 Å². The highest BCUT2D eigenvalue weighted by Gasteiger charge is 2.27. The van der Waals surface area contributed by atoms with Crippen LogP contribution in [0.4, 0.5) is 0 Å². The minimum Gasteiger partial charge on any atom is -0.478 e. The second-order valence-electron chi connectivity index (χ2n) is 7.39. The third kappa shape index (κ3) is 2.66. The Balaban J connectivity index is 1.55. The Labute approximate surface area is 146 Å². The van der Waals surface area contributed by atoms with Crippen LogP contribution < -0.4 is 10.4 Å². The molecule has 132 valence electrons. The normalized spacial score (nSPS) is 23.3. The first-order chi connectivity index (χ1) is 12.3. The molecule has 1 fully saturated rings. The first-order valence-corrected chi connectivity index (χ1v) is 9.37. The van der Waals surface area contributed by atoms with Crippen LogP contribution in [0.3, 0.4) is 0 Å². The molecule has 0 spiro atoms. The minimum atomic E-state index is -0.160. The van der Waals surface area contributed by atoms with Crippen LogP contribution in [0.1, 0.15) is 42.4 Å². The molecule has 5 nitrogen and oxygen atoms in total. The predicted octanol–water partition coefficient (Wildman–Crippen LogP) is 3.00. The van der Waals surface area contributed by atoms with Crippen LogP contribution in [0.25, 0.3) is 11.0 Å². The van der Waals surface area contributed by atoms with E-state index in [2.05, 4.69) is 11.0 Å². The van der Waals surface area contributed by atoms with Crippen molar-refractivity contribution in [3.63, 3.8) is 0 Å². The van der Waals surface area contributed by atoms with Crippen molar-refractivity contribution in [2.45, 2.75) is 51.2 Å². The van der Waals surface area contributed by atoms with Crippen LogP contribution >= 0.6 is 0 Å². The molecule has 0 amide bonds. The van der Waals surface area contributed by atoms with Gasteiger partial charge < -0.3 is 13.9 Å². The van der Waals surface area contributed by atoms with Gasteiger partial charge in [-0.25, -0.2) is 4.79 Å². The summed E-state index contributed by atoms with van der Waals surface area (Å²) >= 11 is 0. The SMILES string of the molecule is O=c1oc2c3c(ccc2c2c1CCCC2)OCN(CC1CCCO1)C3. The molecule has 0 radical (unpaired) electrons. The largest absolute Gasteiger partial charge is 0.478 e. The Hall–Kier alpha value is -1.85. The molecular weight excluding hydrogens is 318 g/mol. The molecule has 3 aliphatic rings. The maximum atomic E-state index is 12.5. The van der Waals surface area contributed by atoms with Crippen LogP contribution in [0, 0.1) is 0 Å². The zero-order chi connectivity index (χ0) is 16.8. The van der Waals surface area contributed by atoms with Crippen molar-refractivity contribution >= 4 is 11.0 Å². The Morgan fingerprint density at radius 3 is 2.80 bits per heavy atom. The summed E-state index contributed by atoms with van der Waals surface area (Å²) in [5.74, 6) is 0.843. The lowest BCUT2D eigenvalue weighted by Crippen LogP contribution is -2.37. The fraction of sp³-hybridized carbons (Fsp3) is 0.550. The van der Waals surface area contributed by atoms with E-state index in [9.17, 15) is 4.79 Å². The molecule has 0 N–H and O–H groups in total. The Bertz CT molecular complexity index is 866. The van der Waals surface area contributed by atoms with E-state index in [1.165, 1.54) is 5.56 Å². The third-order valence-corrected chi connectivity index (χ3v) is 5.72. The van der Waals surface area contributed by atoms with Crippen LogP contribution in [0.5, 0.6) is 5.75 Å². The van der Waals surface area contributed by atoms with Crippen molar-refractivity contribution in [1.29, 1.82) is 0 Å². The Morgan fingerprint density at radius 2 is 1.96 bits per heavy atom. The van der Waals surface area contributed by atoms with Gasteiger partial charge in [0.15, 0.2) is 0 Å². The summed E-state index contributed by atoms with van der Waals surface area (Å²) in [6, 6.07) is 4.10. The van der Waals surface area contributed by atoms with Gasteiger partial charge in [0, 0.05) is 30.6 Å². The maximum Gasteiger partial charge on any atom is 0.339 e. The molecule has 1 atom stereocenters. The average molecular weight is 341 g/mol. The molecule has 1 aromatic carbocycles. The van der Waals surface area contributed by atoms with E-state index in [-0.39, 0.29) is 5.63 Å². The number of aryl methyl sites for hydroxylation is 1. The second kappa shape index (κ2) is 6.15. The molecular formula is C20H23NO4.